The van der Waals surface area contributed by atoms with Crippen LogP contribution in [0, 0.1) is 5.82 Å². The van der Waals surface area contributed by atoms with Crippen LogP contribution >= 0.6 is 11.8 Å². The Bertz CT molecular complexity index is 873. The van der Waals surface area contributed by atoms with Crippen molar-refractivity contribution in [1.29, 1.82) is 0 Å². The van der Waals surface area contributed by atoms with E-state index in [-0.39, 0.29) is 29.8 Å². The normalized spacial score (nSPS) is 10.5. The Balaban J connectivity index is 1.86. The lowest BCUT2D eigenvalue weighted by Gasteiger charge is -2.11. The van der Waals surface area contributed by atoms with Crippen LogP contribution in [0.1, 0.15) is 29.8 Å². The molecule has 2 aromatic rings. The van der Waals surface area contributed by atoms with Crippen LogP contribution in [-0.4, -0.2) is 36.2 Å². The van der Waals surface area contributed by atoms with Gasteiger partial charge in [0.2, 0.25) is 5.91 Å². The average Bonchev–Trinajstić information content (AvgIpc) is 2.69. The third-order valence-corrected chi connectivity index (χ3v) is 4.76. The molecule has 0 spiro atoms. The third-order valence-electron chi connectivity index (χ3n) is 3.68. The number of thioether (sulfide) groups is 1. The second kappa shape index (κ2) is 11.2. The van der Waals surface area contributed by atoms with E-state index in [1.165, 1.54) is 17.8 Å². The van der Waals surface area contributed by atoms with Crippen molar-refractivity contribution >= 4 is 29.5 Å². The van der Waals surface area contributed by atoms with Gasteiger partial charge in [-0.1, -0.05) is 30.3 Å². The molecule has 29 heavy (non-hydrogen) atoms. The fourth-order valence-corrected chi connectivity index (χ4v) is 3.22. The summed E-state index contributed by atoms with van der Waals surface area (Å²) in [5.74, 6) is -1.61. The molecule has 0 fully saturated rings. The van der Waals surface area contributed by atoms with Crippen LogP contribution in [0.15, 0.2) is 53.4 Å². The summed E-state index contributed by atoms with van der Waals surface area (Å²) in [6, 6.07) is 12.8. The molecule has 0 unspecified atom stereocenters. The summed E-state index contributed by atoms with van der Waals surface area (Å²) in [6.45, 7) is 3.25. The highest BCUT2D eigenvalue weighted by atomic mass is 32.2. The zero-order valence-electron chi connectivity index (χ0n) is 16.2. The number of ether oxygens (including phenoxy) is 1. The molecule has 0 bridgehead atoms. The third kappa shape index (κ3) is 7.57. The fourth-order valence-electron chi connectivity index (χ4n) is 2.36. The predicted octanol–water partition coefficient (Wildman–Crippen LogP) is 2.92. The number of carbonyl (C=O) groups excluding carboxylic acids is 3. The molecular weight excluding hydrogens is 395 g/mol. The first-order chi connectivity index (χ1) is 13.9. The zero-order chi connectivity index (χ0) is 21.2. The van der Waals surface area contributed by atoms with E-state index in [4.69, 9.17) is 4.74 Å². The molecule has 2 rings (SSSR count). The summed E-state index contributed by atoms with van der Waals surface area (Å²) in [4.78, 5) is 36.6. The SMILES string of the molecule is CC(C)NC(=O)CSc1ccccc1C(=O)OCC(=O)NCc1ccccc1F. The van der Waals surface area contributed by atoms with Gasteiger partial charge >= 0.3 is 5.97 Å². The number of rotatable bonds is 9. The Hall–Kier alpha value is -2.87. The first-order valence-electron chi connectivity index (χ1n) is 9.05. The van der Waals surface area contributed by atoms with E-state index in [2.05, 4.69) is 10.6 Å². The standard InChI is InChI=1S/C21H23FN2O4S/c1-14(2)24-20(26)13-29-18-10-6-4-8-16(18)21(27)28-12-19(25)23-11-15-7-3-5-9-17(15)22/h3-10,14H,11-13H2,1-2H3,(H,23,25)(H,24,26). The maximum Gasteiger partial charge on any atom is 0.339 e. The summed E-state index contributed by atoms with van der Waals surface area (Å²) >= 11 is 1.21. The Morgan fingerprint density at radius 1 is 1.03 bits per heavy atom. The Kier molecular flexibility index (Phi) is 8.67. The van der Waals surface area contributed by atoms with Crippen LogP contribution < -0.4 is 10.6 Å². The van der Waals surface area contributed by atoms with E-state index in [9.17, 15) is 18.8 Å². The predicted molar refractivity (Wildman–Crippen MR) is 109 cm³/mol. The van der Waals surface area contributed by atoms with Crippen molar-refractivity contribution in [2.75, 3.05) is 12.4 Å². The molecule has 0 aromatic heterocycles. The van der Waals surface area contributed by atoms with Gasteiger partial charge in [-0.05, 0) is 32.0 Å². The average molecular weight is 418 g/mol. The van der Waals surface area contributed by atoms with Gasteiger partial charge in [0.15, 0.2) is 6.61 Å². The molecule has 2 amide bonds. The highest BCUT2D eigenvalue weighted by molar-refractivity contribution is 8.00. The highest BCUT2D eigenvalue weighted by Crippen LogP contribution is 2.23. The second-order valence-electron chi connectivity index (χ2n) is 6.45. The molecule has 2 aromatic carbocycles. The number of hydrogen-bond donors (Lipinski definition) is 2. The fraction of sp³-hybridized carbons (Fsp3) is 0.286. The monoisotopic (exact) mass is 418 g/mol. The van der Waals surface area contributed by atoms with E-state index in [1.54, 1.807) is 42.5 Å². The van der Waals surface area contributed by atoms with Crippen LogP contribution in [0.25, 0.3) is 0 Å². The molecule has 0 saturated heterocycles. The smallest absolute Gasteiger partial charge is 0.339 e. The van der Waals surface area contributed by atoms with Gasteiger partial charge in [0.05, 0.1) is 11.3 Å². The number of benzene rings is 2. The lowest BCUT2D eigenvalue weighted by atomic mass is 10.2. The van der Waals surface area contributed by atoms with E-state index in [0.29, 0.717) is 10.5 Å². The van der Waals surface area contributed by atoms with Gasteiger partial charge in [0.25, 0.3) is 5.91 Å². The van der Waals surface area contributed by atoms with E-state index < -0.39 is 24.3 Å². The van der Waals surface area contributed by atoms with E-state index in [1.807, 2.05) is 13.8 Å². The first kappa shape index (κ1) is 22.4. The summed E-state index contributed by atoms with van der Waals surface area (Å²) in [5.41, 5.74) is 0.616. The number of hydrogen-bond acceptors (Lipinski definition) is 5. The van der Waals surface area contributed by atoms with Crippen molar-refractivity contribution in [2.45, 2.75) is 31.3 Å². The minimum Gasteiger partial charge on any atom is -0.452 e. The number of nitrogens with one attached hydrogen (secondary N) is 2. The van der Waals surface area contributed by atoms with E-state index >= 15 is 0 Å². The molecule has 0 aliphatic rings. The molecular formula is C21H23FN2O4S. The lowest BCUT2D eigenvalue weighted by molar-refractivity contribution is -0.124. The molecule has 6 nitrogen and oxygen atoms in total. The molecule has 0 aliphatic carbocycles. The minimum absolute atomic E-state index is 0.000455. The molecule has 2 N–H and O–H groups in total. The van der Waals surface area contributed by atoms with Gasteiger partial charge in [-0.3, -0.25) is 9.59 Å². The molecule has 0 aliphatic heterocycles. The van der Waals surface area contributed by atoms with Crippen molar-refractivity contribution in [1.82, 2.24) is 10.6 Å². The van der Waals surface area contributed by atoms with Gasteiger partial charge in [0.1, 0.15) is 5.82 Å². The van der Waals surface area contributed by atoms with Crippen molar-refractivity contribution < 1.29 is 23.5 Å². The van der Waals surface area contributed by atoms with Crippen molar-refractivity contribution in [3.05, 3.63) is 65.5 Å². The van der Waals surface area contributed by atoms with Gasteiger partial charge in [-0.2, -0.15) is 0 Å². The highest BCUT2D eigenvalue weighted by Gasteiger charge is 2.16. The molecule has 0 heterocycles. The molecule has 8 heteroatoms. The van der Waals surface area contributed by atoms with Crippen LogP contribution in [0.4, 0.5) is 4.39 Å². The topological polar surface area (TPSA) is 84.5 Å². The summed E-state index contributed by atoms with van der Waals surface area (Å²) in [7, 11) is 0. The Morgan fingerprint density at radius 2 is 1.72 bits per heavy atom. The van der Waals surface area contributed by atoms with Gasteiger partial charge < -0.3 is 15.4 Å². The maximum absolute atomic E-state index is 13.6. The molecule has 0 saturated carbocycles. The Morgan fingerprint density at radius 3 is 2.45 bits per heavy atom. The van der Waals surface area contributed by atoms with Gasteiger partial charge in [0, 0.05) is 23.0 Å². The molecule has 154 valence electrons. The second-order valence-corrected chi connectivity index (χ2v) is 7.47. The molecule has 0 radical (unpaired) electrons. The summed E-state index contributed by atoms with van der Waals surface area (Å²) in [6.07, 6.45) is 0. The number of halogens is 1. The quantitative estimate of drug-likeness (QED) is 0.483. The summed E-state index contributed by atoms with van der Waals surface area (Å²) in [5, 5.41) is 5.28. The largest absolute Gasteiger partial charge is 0.452 e. The van der Waals surface area contributed by atoms with Crippen LogP contribution in [-0.2, 0) is 20.9 Å². The first-order valence-corrected chi connectivity index (χ1v) is 10.0. The lowest BCUT2D eigenvalue weighted by Crippen LogP contribution is -2.31. The van der Waals surface area contributed by atoms with Crippen LogP contribution in [0.2, 0.25) is 0 Å². The summed E-state index contributed by atoms with van der Waals surface area (Å²) < 4.78 is 18.6. The minimum atomic E-state index is -0.668. The zero-order valence-corrected chi connectivity index (χ0v) is 17.1. The number of amides is 2. The van der Waals surface area contributed by atoms with Crippen molar-refractivity contribution in [3.8, 4) is 0 Å². The number of esters is 1. The molecule has 0 atom stereocenters. The maximum atomic E-state index is 13.6. The van der Waals surface area contributed by atoms with Crippen molar-refractivity contribution in [3.63, 3.8) is 0 Å². The van der Waals surface area contributed by atoms with Crippen LogP contribution in [0.5, 0.6) is 0 Å². The van der Waals surface area contributed by atoms with Crippen LogP contribution in [0.3, 0.4) is 0 Å². The van der Waals surface area contributed by atoms with Crippen molar-refractivity contribution in [2.24, 2.45) is 0 Å². The van der Waals surface area contributed by atoms with Gasteiger partial charge in [-0.25, -0.2) is 9.18 Å². The number of carbonyl (C=O) groups is 3. The van der Waals surface area contributed by atoms with Gasteiger partial charge in [-0.15, -0.1) is 11.8 Å². The van der Waals surface area contributed by atoms with E-state index in [0.717, 1.165) is 0 Å². The Labute approximate surface area is 173 Å².